The standard InChI is InChI=1S/C10H19NO3S/c1-8(7-12)15-9(2)10(13)11-3-5-14-6-4-11/h8-9,12H,3-7H2,1-2H3. The van der Waals surface area contributed by atoms with Crippen LogP contribution in [0.5, 0.6) is 0 Å². The van der Waals surface area contributed by atoms with E-state index in [0.717, 1.165) is 0 Å². The number of aliphatic hydroxyl groups excluding tert-OH is 1. The Labute approximate surface area is 95.0 Å². The molecule has 15 heavy (non-hydrogen) atoms. The van der Waals surface area contributed by atoms with Gasteiger partial charge >= 0.3 is 0 Å². The summed E-state index contributed by atoms with van der Waals surface area (Å²) in [4.78, 5) is 13.8. The molecule has 1 aliphatic rings. The summed E-state index contributed by atoms with van der Waals surface area (Å²) >= 11 is 1.52. The van der Waals surface area contributed by atoms with Crippen LogP contribution in [0.3, 0.4) is 0 Å². The molecule has 0 spiro atoms. The summed E-state index contributed by atoms with van der Waals surface area (Å²) < 4.78 is 5.19. The SMILES string of the molecule is CC(CO)SC(C)C(=O)N1CCOCC1. The van der Waals surface area contributed by atoms with Crippen LogP contribution in [0.25, 0.3) is 0 Å². The van der Waals surface area contributed by atoms with Crippen molar-refractivity contribution >= 4 is 17.7 Å². The van der Waals surface area contributed by atoms with Crippen LogP contribution in [0.2, 0.25) is 0 Å². The van der Waals surface area contributed by atoms with Crippen LogP contribution in [-0.2, 0) is 9.53 Å². The second-order valence-corrected chi connectivity index (χ2v) is 5.49. The van der Waals surface area contributed by atoms with Crippen LogP contribution in [0.4, 0.5) is 0 Å². The molecule has 5 heteroatoms. The zero-order valence-electron chi connectivity index (χ0n) is 9.31. The quantitative estimate of drug-likeness (QED) is 0.761. The van der Waals surface area contributed by atoms with Gasteiger partial charge in [0, 0.05) is 18.3 Å². The summed E-state index contributed by atoms with van der Waals surface area (Å²) in [5.74, 6) is 0.156. The van der Waals surface area contributed by atoms with Crippen molar-refractivity contribution in [1.82, 2.24) is 4.90 Å². The van der Waals surface area contributed by atoms with E-state index in [1.54, 1.807) is 0 Å². The average molecular weight is 233 g/mol. The van der Waals surface area contributed by atoms with E-state index in [9.17, 15) is 4.79 Å². The van der Waals surface area contributed by atoms with Gasteiger partial charge in [0.15, 0.2) is 0 Å². The number of nitrogens with zero attached hydrogens (tertiary/aromatic N) is 1. The highest BCUT2D eigenvalue weighted by molar-refractivity contribution is 8.01. The lowest BCUT2D eigenvalue weighted by Gasteiger charge is -2.29. The third kappa shape index (κ3) is 4.01. The number of rotatable bonds is 4. The minimum Gasteiger partial charge on any atom is -0.395 e. The van der Waals surface area contributed by atoms with Crippen molar-refractivity contribution < 1.29 is 14.6 Å². The Bertz CT molecular complexity index is 207. The number of hydrogen-bond acceptors (Lipinski definition) is 4. The molecule has 1 fully saturated rings. The Morgan fingerprint density at radius 3 is 2.60 bits per heavy atom. The van der Waals surface area contributed by atoms with Crippen molar-refractivity contribution in [2.75, 3.05) is 32.9 Å². The maximum absolute atomic E-state index is 11.9. The van der Waals surface area contributed by atoms with Gasteiger partial charge in [-0.1, -0.05) is 6.92 Å². The largest absolute Gasteiger partial charge is 0.395 e. The molecule has 0 aromatic heterocycles. The zero-order chi connectivity index (χ0) is 11.3. The van der Waals surface area contributed by atoms with Gasteiger partial charge < -0.3 is 14.7 Å². The molecule has 1 amide bonds. The normalized spacial score (nSPS) is 21.1. The van der Waals surface area contributed by atoms with E-state index in [1.165, 1.54) is 11.8 Å². The first-order valence-electron chi connectivity index (χ1n) is 5.28. The molecule has 1 heterocycles. The van der Waals surface area contributed by atoms with E-state index in [2.05, 4.69) is 0 Å². The van der Waals surface area contributed by atoms with Crippen LogP contribution in [0.15, 0.2) is 0 Å². The highest BCUT2D eigenvalue weighted by atomic mass is 32.2. The maximum Gasteiger partial charge on any atom is 0.235 e. The Morgan fingerprint density at radius 2 is 2.07 bits per heavy atom. The highest BCUT2D eigenvalue weighted by Crippen LogP contribution is 2.19. The van der Waals surface area contributed by atoms with Crippen LogP contribution in [-0.4, -0.2) is 59.3 Å². The second kappa shape index (κ2) is 6.35. The number of amides is 1. The Balaban J connectivity index is 2.37. The summed E-state index contributed by atoms with van der Waals surface area (Å²) in [6.07, 6.45) is 0. The van der Waals surface area contributed by atoms with Crippen molar-refractivity contribution in [3.05, 3.63) is 0 Å². The highest BCUT2D eigenvalue weighted by Gasteiger charge is 2.23. The molecule has 1 aliphatic heterocycles. The molecular weight excluding hydrogens is 214 g/mol. The number of morpholine rings is 1. The minimum absolute atomic E-state index is 0.0785. The molecule has 2 unspecified atom stereocenters. The molecule has 1 saturated heterocycles. The second-order valence-electron chi connectivity index (χ2n) is 3.71. The third-order valence-corrected chi connectivity index (χ3v) is 3.59. The van der Waals surface area contributed by atoms with Crippen molar-refractivity contribution in [2.45, 2.75) is 24.3 Å². The summed E-state index contributed by atoms with van der Waals surface area (Å²) in [5, 5.41) is 8.95. The van der Waals surface area contributed by atoms with Crippen LogP contribution in [0, 0.1) is 0 Å². The summed E-state index contributed by atoms with van der Waals surface area (Å²) in [6, 6.07) is 0. The Hall–Kier alpha value is -0.260. The van der Waals surface area contributed by atoms with E-state index in [-0.39, 0.29) is 23.0 Å². The topological polar surface area (TPSA) is 49.8 Å². The Morgan fingerprint density at radius 1 is 1.47 bits per heavy atom. The first-order valence-corrected chi connectivity index (χ1v) is 6.22. The van der Waals surface area contributed by atoms with Gasteiger partial charge in [0.05, 0.1) is 25.1 Å². The molecule has 0 aliphatic carbocycles. The fourth-order valence-corrected chi connectivity index (χ4v) is 2.54. The predicted molar refractivity (Wildman–Crippen MR) is 61.0 cm³/mol. The summed E-state index contributed by atoms with van der Waals surface area (Å²) in [5.41, 5.74) is 0. The van der Waals surface area contributed by atoms with Crippen LogP contribution >= 0.6 is 11.8 Å². The number of carbonyl (C=O) groups is 1. The van der Waals surface area contributed by atoms with E-state index < -0.39 is 0 Å². The van der Waals surface area contributed by atoms with Crippen LogP contribution in [0.1, 0.15) is 13.8 Å². The lowest BCUT2D eigenvalue weighted by molar-refractivity contribution is -0.134. The first kappa shape index (κ1) is 12.8. The Kier molecular flexibility index (Phi) is 5.42. The van der Waals surface area contributed by atoms with Crippen molar-refractivity contribution in [2.24, 2.45) is 0 Å². The van der Waals surface area contributed by atoms with Gasteiger partial charge in [0.2, 0.25) is 5.91 Å². The van der Waals surface area contributed by atoms with Gasteiger partial charge in [-0.3, -0.25) is 4.79 Å². The molecule has 0 bridgehead atoms. The molecule has 0 aromatic rings. The molecular formula is C10H19NO3S. The van der Waals surface area contributed by atoms with Gasteiger partial charge in [-0.25, -0.2) is 0 Å². The monoisotopic (exact) mass is 233 g/mol. The number of thioether (sulfide) groups is 1. The van der Waals surface area contributed by atoms with E-state index in [0.29, 0.717) is 26.3 Å². The number of ether oxygens (including phenoxy) is 1. The van der Waals surface area contributed by atoms with Gasteiger partial charge in [-0.2, -0.15) is 0 Å². The maximum atomic E-state index is 11.9. The van der Waals surface area contributed by atoms with Gasteiger partial charge in [-0.15, -0.1) is 11.8 Å². The number of aliphatic hydroxyl groups is 1. The first-order chi connectivity index (χ1) is 7.15. The van der Waals surface area contributed by atoms with Gasteiger partial charge in [0.25, 0.3) is 0 Å². The van der Waals surface area contributed by atoms with E-state index >= 15 is 0 Å². The summed E-state index contributed by atoms with van der Waals surface area (Å²) in [6.45, 7) is 6.60. The fraction of sp³-hybridized carbons (Fsp3) is 0.900. The molecule has 2 atom stereocenters. The third-order valence-electron chi connectivity index (χ3n) is 2.36. The lowest BCUT2D eigenvalue weighted by atomic mass is 10.3. The van der Waals surface area contributed by atoms with Crippen LogP contribution < -0.4 is 0 Å². The molecule has 88 valence electrons. The average Bonchev–Trinajstić information content (AvgIpc) is 2.29. The zero-order valence-corrected chi connectivity index (χ0v) is 10.1. The fourth-order valence-electron chi connectivity index (χ4n) is 1.49. The van der Waals surface area contributed by atoms with Crippen molar-refractivity contribution in [3.8, 4) is 0 Å². The molecule has 1 rings (SSSR count). The minimum atomic E-state index is -0.0785. The molecule has 0 radical (unpaired) electrons. The number of hydrogen-bond donors (Lipinski definition) is 1. The van der Waals surface area contributed by atoms with Gasteiger partial charge in [0.1, 0.15) is 0 Å². The predicted octanol–water partition coefficient (Wildman–Crippen LogP) is 0.348. The molecule has 1 N–H and O–H groups in total. The molecule has 4 nitrogen and oxygen atoms in total. The van der Waals surface area contributed by atoms with Crippen molar-refractivity contribution in [3.63, 3.8) is 0 Å². The number of carbonyl (C=O) groups excluding carboxylic acids is 1. The summed E-state index contributed by atoms with van der Waals surface area (Å²) in [7, 11) is 0. The van der Waals surface area contributed by atoms with E-state index in [4.69, 9.17) is 9.84 Å². The molecule has 0 aromatic carbocycles. The smallest absolute Gasteiger partial charge is 0.235 e. The van der Waals surface area contributed by atoms with Crippen molar-refractivity contribution in [1.29, 1.82) is 0 Å². The van der Waals surface area contributed by atoms with Gasteiger partial charge in [-0.05, 0) is 6.92 Å². The van der Waals surface area contributed by atoms with E-state index in [1.807, 2.05) is 18.7 Å². The molecule has 0 saturated carbocycles. The lowest BCUT2D eigenvalue weighted by Crippen LogP contribution is -2.44.